The predicted molar refractivity (Wildman–Crippen MR) is 61.0 cm³/mol. The molecule has 66 valence electrons. The molecule has 0 aliphatic rings. The molecule has 0 atom stereocenters. The van der Waals surface area contributed by atoms with Crippen LogP contribution in [-0.2, 0) is 6.42 Å². The minimum Gasteiger partial charge on any atom is -0.126 e. The van der Waals surface area contributed by atoms with Gasteiger partial charge in [-0.1, -0.05) is 6.07 Å². The van der Waals surface area contributed by atoms with Gasteiger partial charge in [-0.05, 0) is 62.4 Å². The third-order valence-electron chi connectivity index (χ3n) is 1.77. The van der Waals surface area contributed by atoms with Crippen molar-refractivity contribution in [1.82, 2.24) is 0 Å². The van der Waals surface area contributed by atoms with Gasteiger partial charge in [-0.3, -0.25) is 0 Å². The molecule has 0 aliphatic heterocycles. The SMILES string of the molecule is Cc1ccc(Br)c(Br)c1CCCl. The second kappa shape index (κ2) is 4.64. The highest BCUT2D eigenvalue weighted by Crippen LogP contribution is 2.29. The van der Waals surface area contributed by atoms with Crippen molar-refractivity contribution < 1.29 is 0 Å². The van der Waals surface area contributed by atoms with Crippen molar-refractivity contribution in [3.63, 3.8) is 0 Å². The fourth-order valence-corrected chi connectivity index (χ4v) is 2.29. The van der Waals surface area contributed by atoms with E-state index in [2.05, 4.69) is 44.8 Å². The highest BCUT2D eigenvalue weighted by atomic mass is 79.9. The summed E-state index contributed by atoms with van der Waals surface area (Å²) in [6, 6.07) is 4.13. The number of halogens is 3. The molecule has 0 saturated heterocycles. The van der Waals surface area contributed by atoms with Gasteiger partial charge in [0.1, 0.15) is 0 Å². The standard InChI is InChI=1S/C9H9Br2Cl/c1-6-2-3-8(10)9(11)7(6)4-5-12/h2-3H,4-5H2,1H3. The monoisotopic (exact) mass is 310 g/mol. The first kappa shape index (κ1) is 10.6. The molecule has 0 spiro atoms. The van der Waals surface area contributed by atoms with Crippen LogP contribution in [0.2, 0.25) is 0 Å². The highest BCUT2D eigenvalue weighted by Gasteiger charge is 2.05. The van der Waals surface area contributed by atoms with Gasteiger partial charge in [0.2, 0.25) is 0 Å². The van der Waals surface area contributed by atoms with Crippen LogP contribution in [-0.4, -0.2) is 5.88 Å². The van der Waals surface area contributed by atoms with Crippen molar-refractivity contribution >= 4 is 43.5 Å². The fraction of sp³-hybridized carbons (Fsp3) is 0.333. The summed E-state index contributed by atoms with van der Waals surface area (Å²) in [6.45, 7) is 2.10. The molecular weight excluding hydrogens is 303 g/mol. The van der Waals surface area contributed by atoms with Crippen LogP contribution in [0.3, 0.4) is 0 Å². The van der Waals surface area contributed by atoms with E-state index < -0.39 is 0 Å². The van der Waals surface area contributed by atoms with Crippen LogP contribution in [0.5, 0.6) is 0 Å². The van der Waals surface area contributed by atoms with E-state index >= 15 is 0 Å². The summed E-state index contributed by atoms with van der Waals surface area (Å²) in [5.74, 6) is 0.663. The molecule has 0 heterocycles. The third-order valence-corrected chi connectivity index (χ3v) is 4.06. The Kier molecular flexibility index (Phi) is 4.08. The van der Waals surface area contributed by atoms with Gasteiger partial charge in [0, 0.05) is 14.8 Å². The van der Waals surface area contributed by atoms with Crippen LogP contribution >= 0.6 is 43.5 Å². The topological polar surface area (TPSA) is 0 Å². The molecule has 0 fully saturated rings. The van der Waals surface area contributed by atoms with Crippen molar-refractivity contribution in [2.24, 2.45) is 0 Å². The Morgan fingerprint density at radius 3 is 2.58 bits per heavy atom. The molecule has 0 nitrogen and oxygen atoms in total. The van der Waals surface area contributed by atoms with Crippen LogP contribution in [0.4, 0.5) is 0 Å². The molecule has 0 aliphatic carbocycles. The smallest absolute Gasteiger partial charge is 0.0352 e. The molecule has 0 unspecified atom stereocenters. The molecule has 1 rings (SSSR count). The summed E-state index contributed by atoms with van der Waals surface area (Å²) in [4.78, 5) is 0. The lowest BCUT2D eigenvalue weighted by molar-refractivity contribution is 1.10. The van der Waals surface area contributed by atoms with Crippen molar-refractivity contribution in [2.75, 3.05) is 5.88 Å². The Morgan fingerprint density at radius 2 is 2.00 bits per heavy atom. The van der Waals surface area contributed by atoms with Gasteiger partial charge >= 0.3 is 0 Å². The van der Waals surface area contributed by atoms with Crippen molar-refractivity contribution in [1.29, 1.82) is 0 Å². The number of benzene rings is 1. The maximum absolute atomic E-state index is 5.70. The number of hydrogen-bond donors (Lipinski definition) is 0. The largest absolute Gasteiger partial charge is 0.126 e. The molecule has 12 heavy (non-hydrogen) atoms. The highest BCUT2D eigenvalue weighted by molar-refractivity contribution is 9.13. The first-order chi connectivity index (χ1) is 5.66. The van der Waals surface area contributed by atoms with E-state index in [-0.39, 0.29) is 0 Å². The number of aryl methyl sites for hydroxylation is 1. The normalized spacial score (nSPS) is 10.3. The van der Waals surface area contributed by atoms with E-state index in [9.17, 15) is 0 Å². The van der Waals surface area contributed by atoms with Crippen LogP contribution < -0.4 is 0 Å². The second-order valence-corrected chi connectivity index (χ2v) is 4.62. The lowest BCUT2D eigenvalue weighted by Crippen LogP contribution is -1.92. The lowest BCUT2D eigenvalue weighted by Gasteiger charge is -2.07. The number of rotatable bonds is 2. The second-order valence-electron chi connectivity index (χ2n) is 2.60. The molecule has 0 saturated carbocycles. The Hall–Kier alpha value is 0.470. The van der Waals surface area contributed by atoms with Gasteiger partial charge in [0.05, 0.1) is 0 Å². The molecule has 0 bridgehead atoms. The third kappa shape index (κ3) is 2.24. The zero-order valence-electron chi connectivity index (χ0n) is 6.70. The number of alkyl halides is 1. The zero-order chi connectivity index (χ0) is 9.14. The zero-order valence-corrected chi connectivity index (χ0v) is 10.6. The maximum Gasteiger partial charge on any atom is 0.0352 e. The molecule has 1 aromatic rings. The van der Waals surface area contributed by atoms with E-state index in [1.54, 1.807) is 0 Å². The number of hydrogen-bond acceptors (Lipinski definition) is 0. The summed E-state index contributed by atoms with van der Waals surface area (Å²) >= 11 is 12.7. The molecule has 0 radical (unpaired) electrons. The molecular formula is C9H9Br2Cl. The van der Waals surface area contributed by atoms with E-state index in [0.717, 1.165) is 15.4 Å². The van der Waals surface area contributed by atoms with E-state index in [4.69, 9.17) is 11.6 Å². The average Bonchev–Trinajstić information content (AvgIpc) is 2.06. The predicted octanol–water partition coefficient (Wildman–Crippen LogP) is 4.30. The van der Waals surface area contributed by atoms with Gasteiger partial charge in [0.25, 0.3) is 0 Å². The van der Waals surface area contributed by atoms with Crippen molar-refractivity contribution in [3.05, 3.63) is 32.2 Å². The average molecular weight is 312 g/mol. The van der Waals surface area contributed by atoms with Crippen LogP contribution in [0.25, 0.3) is 0 Å². The summed E-state index contributed by atoms with van der Waals surface area (Å²) in [5.41, 5.74) is 2.57. The Bertz CT molecular complexity index is 284. The minimum atomic E-state index is 0.663. The Labute approximate surface area is 94.6 Å². The van der Waals surface area contributed by atoms with E-state index in [1.807, 2.05) is 6.07 Å². The van der Waals surface area contributed by atoms with Crippen molar-refractivity contribution in [2.45, 2.75) is 13.3 Å². The first-order valence-corrected chi connectivity index (χ1v) is 5.78. The van der Waals surface area contributed by atoms with E-state index in [1.165, 1.54) is 11.1 Å². The Morgan fingerprint density at radius 1 is 1.33 bits per heavy atom. The van der Waals surface area contributed by atoms with Crippen LogP contribution in [0.1, 0.15) is 11.1 Å². The van der Waals surface area contributed by atoms with Crippen molar-refractivity contribution in [3.8, 4) is 0 Å². The minimum absolute atomic E-state index is 0.663. The molecule has 0 amide bonds. The van der Waals surface area contributed by atoms with Gasteiger partial charge in [0.15, 0.2) is 0 Å². The fourth-order valence-electron chi connectivity index (χ4n) is 1.09. The summed E-state index contributed by atoms with van der Waals surface area (Å²) in [5, 5.41) is 0. The molecule has 0 N–H and O–H groups in total. The van der Waals surface area contributed by atoms with Gasteiger partial charge < -0.3 is 0 Å². The molecule has 1 aromatic carbocycles. The van der Waals surface area contributed by atoms with Gasteiger partial charge in [-0.25, -0.2) is 0 Å². The van der Waals surface area contributed by atoms with Crippen LogP contribution in [0.15, 0.2) is 21.1 Å². The Balaban J connectivity index is 3.14. The first-order valence-electron chi connectivity index (χ1n) is 3.66. The summed E-state index contributed by atoms with van der Waals surface area (Å²) < 4.78 is 2.22. The van der Waals surface area contributed by atoms with E-state index in [0.29, 0.717) is 5.88 Å². The summed E-state index contributed by atoms with van der Waals surface area (Å²) in [6.07, 6.45) is 0.910. The molecule has 0 aromatic heterocycles. The summed E-state index contributed by atoms with van der Waals surface area (Å²) in [7, 11) is 0. The van der Waals surface area contributed by atoms with Crippen LogP contribution in [0, 0.1) is 6.92 Å². The lowest BCUT2D eigenvalue weighted by atomic mass is 10.1. The molecule has 3 heteroatoms. The maximum atomic E-state index is 5.70. The van der Waals surface area contributed by atoms with Gasteiger partial charge in [-0.2, -0.15) is 0 Å². The van der Waals surface area contributed by atoms with Gasteiger partial charge in [-0.15, -0.1) is 11.6 Å². The quantitative estimate of drug-likeness (QED) is 0.714.